The number of carbonyl (C=O) groups is 1. The minimum absolute atomic E-state index is 0.245. The van der Waals surface area contributed by atoms with E-state index >= 15 is 0 Å². The number of carboxylic acids is 1. The van der Waals surface area contributed by atoms with Crippen LogP contribution in [-0.4, -0.2) is 22.3 Å². The molecule has 0 aromatic heterocycles. The van der Waals surface area contributed by atoms with Crippen molar-refractivity contribution in [3.63, 3.8) is 0 Å². The molecule has 2 rings (SSSR count). The lowest BCUT2D eigenvalue weighted by molar-refractivity contribution is -0.142. The summed E-state index contributed by atoms with van der Waals surface area (Å²) < 4.78 is 0. The second kappa shape index (κ2) is 6.37. The fourth-order valence-corrected chi connectivity index (χ4v) is 3.19. The molecule has 3 nitrogen and oxygen atoms in total. The first-order valence-corrected chi connectivity index (χ1v) is 7.90. The van der Waals surface area contributed by atoms with Gasteiger partial charge >= 0.3 is 5.97 Å². The van der Waals surface area contributed by atoms with E-state index in [9.17, 15) is 15.0 Å². The Morgan fingerprint density at radius 2 is 2.00 bits per heavy atom. The molecule has 1 aliphatic rings. The van der Waals surface area contributed by atoms with Crippen LogP contribution in [0.4, 0.5) is 0 Å². The maximum absolute atomic E-state index is 11.3. The minimum atomic E-state index is -0.952. The third-order valence-corrected chi connectivity index (χ3v) is 5.01. The zero-order chi connectivity index (χ0) is 15.6. The molecule has 1 aliphatic carbocycles. The Morgan fingerprint density at radius 3 is 2.57 bits per heavy atom. The Morgan fingerprint density at radius 1 is 1.33 bits per heavy atom. The van der Waals surface area contributed by atoms with Gasteiger partial charge in [-0.3, -0.25) is 4.79 Å². The molecule has 2 N–H and O–H groups in total. The molecular formula is C17H23ClO3. The number of benzene rings is 1. The highest BCUT2D eigenvalue weighted by atomic mass is 35.5. The molecule has 1 saturated carbocycles. The van der Waals surface area contributed by atoms with Crippen LogP contribution in [0.3, 0.4) is 0 Å². The maximum Gasteiger partial charge on any atom is 0.313 e. The third kappa shape index (κ3) is 3.58. The third-order valence-electron chi connectivity index (χ3n) is 4.66. The van der Waals surface area contributed by atoms with Crippen LogP contribution >= 0.6 is 11.6 Å². The molecule has 1 fully saturated rings. The van der Waals surface area contributed by atoms with Crippen LogP contribution in [0.5, 0.6) is 0 Å². The van der Waals surface area contributed by atoms with Crippen LogP contribution in [0.15, 0.2) is 18.2 Å². The van der Waals surface area contributed by atoms with Gasteiger partial charge in [0.05, 0.1) is 11.5 Å². The van der Waals surface area contributed by atoms with Crippen molar-refractivity contribution in [2.24, 2.45) is 5.92 Å². The largest absolute Gasteiger partial charge is 0.481 e. The average Bonchev–Trinajstić information content (AvgIpc) is 2.43. The van der Waals surface area contributed by atoms with Crippen LogP contribution in [-0.2, 0) is 16.6 Å². The number of carboxylic acid groups (broad SMARTS) is 1. The lowest BCUT2D eigenvalue weighted by Crippen LogP contribution is -2.29. The Kier molecular flexibility index (Phi) is 4.95. The van der Waals surface area contributed by atoms with E-state index in [2.05, 4.69) is 0 Å². The molecule has 116 valence electrons. The monoisotopic (exact) mass is 310 g/mol. The van der Waals surface area contributed by atoms with E-state index in [1.165, 1.54) is 0 Å². The zero-order valence-electron chi connectivity index (χ0n) is 12.6. The summed E-state index contributed by atoms with van der Waals surface area (Å²) in [5.74, 6) is -0.608. The first-order valence-electron chi connectivity index (χ1n) is 7.52. The lowest BCUT2D eigenvalue weighted by Gasteiger charge is -2.28. The normalized spacial score (nSPS) is 23.0. The molecular weight excluding hydrogens is 288 g/mol. The van der Waals surface area contributed by atoms with E-state index in [0.29, 0.717) is 10.6 Å². The van der Waals surface area contributed by atoms with Crippen molar-refractivity contribution in [2.45, 2.75) is 57.5 Å². The number of aliphatic hydroxyl groups excluding tert-OH is 1. The SMILES string of the molecule is CC(C)(C(=O)O)c1ccc(C[C@@H]2CCCC[C@H]2O)c(Cl)c1. The van der Waals surface area contributed by atoms with E-state index < -0.39 is 11.4 Å². The highest BCUT2D eigenvalue weighted by Gasteiger charge is 2.30. The number of aliphatic hydroxyl groups is 1. The molecule has 0 unspecified atom stereocenters. The van der Waals surface area contributed by atoms with Crippen molar-refractivity contribution in [1.82, 2.24) is 0 Å². The molecule has 0 radical (unpaired) electrons. The first kappa shape index (κ1) is 16.3. The van der Waals surface area contributed by atoms with E-state index in [4.69, 9.17) is 11.6 Å². The van der Waals surface area contributed by atoms with Crippen molar-refractivity contribution in [2.75, 3.05) is 0 Å². The molecule has 0 amide bonds. The van der Waals surface area contributed by atoms with Gasteiger partial charge in [-0.05, 0) is 56.2 Å². The van der Waals surface area contributed by atoms with Gasteiger partial charge in [0.2, 0.25) is 0 Å². The van der Waals surface area contributed by atoms with Gasteiger partial charge in [-0.25, -0.2) is 0 Å². The second-order valence-electron chi connectivity index (χ2n) is 6.55. The van der Waals surface area contributed by atoms with E-state index in [1.54, 1.807) is 19.9 Å². The zero-order valence-corrected chi connectivity index (χ0v) is 13.4. The Balaban J connectivity index is 2.18. The summed E-state index contributed by atoms with van der Waals surface area (Å²) in [7, 11) is 0. The summed E-state index contributed by atoms with van der Waals surface area (Å²) in [6.07, 6.45) is 4.66. The summed E-state index contributed by atoms with van der Waals surface area (Å²) in [6.45, 7) is 3.34. The summed E-state index contributed by atoms with van der Waals surface area (Å²) in [6, 6.07) is 5.49. The van der Waals surface area contributed by atoms with Crippen molar-refractivity contribution in [3.05, 3.63) is 34.3 Å². The quantitative estimate of drug-likeness (QED) is 0.889. The molecule has 1 aromatic carbocycles. The molecule has 0 bridgehead atoms. The number of rotatable bonds is 4. The van der Waals surface area contributed by atoms with Gasteiger partial charge in [-0.2, -0.15) is 0 Å². The highest BCUT2D eigenvalue weighted by molar-refractivity contribution is 6.31. The summed E-state index contributed by atoms with van der Waals surface area (Å²) in [5, 5.41) is 19.9. The molecule has 0 heterocycles. The Bertz CT molecular complexity index is 525. The summed E-state index contributed by atoms with van der Waals surface area (Å²) >= 11 is 6.33. The van der Waals surface area contributed by atoms with Gasteiger partial charge in [0.25, 0.3) is 0 Å². The Hall–Kier alpha value is -1.06. The summed E-state index contributed by atoms with van der Waals surface area (Å²) in [4.78, 5) is 11.3. The van der Waals surface area contributed by atoms with Crippen molar-refractivity contribution in [3.8, 4) is 0 Å². The second-order valence-corrected chi connectivity index (χ2v) is 6.96. The standard InChI is InChI=1S/C17H23ClO3/c1-17(2,16(20)21)13-8-7-11(14(18)10-13)9-12-5-3-4-6-15(12)19/h7-8,10,12,15,19H,3-6,9H2,1-2H3,(H,20,21)/t12-,15+/m0/s1. The van der Waals surface area contributed by atoms with Gasteiger partial charge < -0.3 is 10.2 Å². The maximum atomic E-state index is 11.3. The van der Waals surface area contributed by atoms with E-state index in [0.717, 1.165) is 37.7 Å². The Labute approximate surface area is 130 Å². The molecule has 0 saturated heterocycles. The van der Waals surface area contributed by atoms with Gasteiger partial charge in [0.15, 0.2) is 0 Å². The molecule has 4 heteroatoms. The predicted octanol–water partition coefficient (Wildman–Crippen LogP) is 3.80. The van der Waals surface area contributed by atoms with Crippen molar-refractivity contribution in [1.29, 1.82) is 0 Å². The molecule has 2 atom stereocenters. The van der Waals surface area contributed by atoms with Crippen LogP contribution < -0.4 is 0 Å². The molecule has 1 aromatic rings. The number of aliphatic carboxylic acids is 1. The topological polar surface area (TPSA) is 57.5 Å². The number of hydrogen-bond donors (Lipinski definition) is 2. The number of hydrogen-bond acceptors (Lipinski definition) is 2. The van der Waals surface area contributed by atoms with Crippen LogP contribution in [0.2, 0.25) is 5.02 Å². The van der Waals surface area contributed by atoms with Crippen LogP contribution in [0.1, 0.15) is 50.7 Å². The van der Waals surface area contributed by atoms with Crippen molar-refractivity contribution >= 4 is 17.6 Å². The predicted molar refractivity (Wildman–Crippen MR) is 83.8 cm³/mol. The van der Waals surface area contributed by atoms with Gasteiger partial charge in [-0.15, -0.1) is 0 Å². The fourth-order valence-electron chi connectivity index (χ4n) is 2.93. The van der Waals surface area contributed by atoms with E-state index in [1.807, 2.05) is 12.1 Å². The summed E-state index contributed by atoms with van der Waals surface area (Å²) in [5.41, 5.74) is 0.743. The smallest absolute Gasteiger partial charge is 0.313 e. The van der Waals surface area contributed by atoms with Gasteiger partial charge in [0, 0.05) is 5.02 Å². The molecule has 21 heavy (non-hydrogen) atoms. The van der Waals surface area contributed by atoms with Crippen LogP contribution in [0.25, 0.3) is 0 Å². The minimum Gasteiger partial charge on any atom is -0.481 e. The molecule has 0 aliphatic heterocycles. The van der Waals surface area contributed by atoms with Crippen molar-refractivity contribution < 1.29 is 15.0 Å². The van der Waals surface area contributed by atoms with Crippen LogP contribution in [0, 0.1) is 5.92 Å². The number of halogens is 1. The van der Waals surface area contributed by atoms with Gasteiger partial charge in [0.1, 0.15) is 0 Å². The fraction of sp³-hybridized carbons (Fsp3) is 0.588. The van der Waals surface area contributed by atoms with E-state index in [-0.39, 0.29) is 12.0 Å². The average molecular weight is 311 g/mol. The highest BCUT2D eigenvalue weighted by Crippen LogP contribution is 2.32. The lowest BCUT2D eigenvalue weighted by atomic mass is 9.81. The first-order chi connectivity index (χ1) is 9.82. The van der Waals surface area contributed by atoms with Gasteiger partial charge in [-0.1, -0.05) is 36.6 Å². The molecule has 0 spiro atoms.